The molecule has 1 rings (SSSR count). The second kappa shape index (κ2) is 6.45. The summed E-state index contributed by atoms with van der Waals surface area (Å²) in [4.78, 5) is 0. The second-order valence-electron chi connectivity index (χ2n) is 4.64. The van der Waals surface area contributed by atoms with Crippen LogP contribution in [0, 0.1) is 0 Å². The van der Waals surface area contributed by atoms with Gasteiger partial charge in [-0.15, -0.1) is 0 Å². The van der Waals surface area contributed by atoms with Gasteiger partial charge in [0.25, 0.3) is 0 Å². The number of hydrogen-bond donors (Lipinski definition) is 1. The van der Waals surface area contributed by atoms with E-state index in [1.165, 1.54) is 18.4 Å². The van der Waals surface area contributed by atoms with Crippen molar-refractivity contribution in [2.45, 2.75) is 44.4 Å². The summed E-state index contributed by atoms with van der Waals surface area (Å²) in [6.07, 6.45) is 8.64. The van der Waals surface area contributed by atoms with Crippen molar-refractivity contribution >= 4 is 11.8 Å². The lowest BCUT2D eigenvalue weighted by molar-refractivity contribution is 0.459. The molecular weight excluding hydrogens is 230 g/mol. The van der Waals surface area contributed by atoms with Crippen LogP contribution in [0.2, 0.25) is 0 Å². The molecule has 0 bridgehead atoms. The van der Waals surface area contributed by atoms with Crippen molar-refractivity contribution in [3.8, 4) is 0 Å². The van der Waals surface area contributed by atoms with Crippen molar-refractivity contribution < 1.29 is 0 Å². The molecule has 0 saturated heterocycles. The van der Waals surface area contributed by atoms with Crippen LogP contribution in [0.3, 0.4) is 0 Å². The molecule has 1 heterocycles. The molecule has 0 aliphatic heterocycles. The molecule has 0 saturated carbocycles. The van der Waals surface area contributed by atoms with Gasteiger partial charge >= 0.3 is 0 Å². The van der Waals surface area contributed by atoms with Gasteiger partial charge in [0.1, 0.15) is 0 Å². The van der Waals surface area contributed by atoms with Gasteiger partial charge in [-0.1, -0.05) is 13.8 Å². The normalized spacial score (nSPS) is 13.9. The van der Waals surface area contributed by atoms with E-state index in [4.69, 9.17) is 0 Å². The Hall–Kier alpha value is -0.480. The van der Waals surface area contributed by atoms with E-state index >= 15 is 0 Å². The molecule has 0 radical (unpaired) electrons. The molecule has 0 aliphatic rings. The third kappa shape index (κ3) is 3.75. The topological polar surface area (TPSA) is 29.9 Å². The molecule has 1 atom stereocenters. The Morgan fingerprint density at radius 2 is 2.12 bits per heavy atom. The molecule has 3 nitrogen and oxygen atoms in total. The lowest BCUT2D eigenvalue weighted by Crippen LogP contribution is -2.37. The Morgan fingerprint density at radius 3 is 2.53 bits per heavy atom. The number of aryl methyl sites for hydroxylation is 1. The van der Waals surface area contributed by atoms with Gasteiger partial charge in [0.2, 0.25) is 0 Å². The Bertz CT molecular complexity index is 323. The predicted octanol–water partition coefficient (Wildman–Crippen LogP) is 2.99. The van der Waals surface area contributed by atoms with Crippen LogP contribution >= 0.6 is 11.8 Å². The fourth-order valence-electron chi connectivity index (χ4n) is 1.98. The Kier molecular flexibility index (Phi) is 5.53. The first-order chi connectivity index (χ1) is 8.06. The average Bonchev–Trinajstić information content (AvgIpc) is 2.78. The van der Waals surface area contributed by atoms with Gasteiger partial charge in [0.05, 0.1) is 6.20 Å². The van der Waals surface area contributed by atoms with Gasteiger partial charge in [-0.3, -0.25) is 4.68 Å². The van der Waals surface area contributed by atoms with Crippen LogP contribution in [-0.4, -0.2) is 27.3 Å². The highest BCUT2D eigenvalue weighted by atomic mass is 32.2. The quantitative estimate of drug-likeness (QED) is 0.812. The van der Waals surface area contributed by atoms with E-state index < -0.39 is 0 Å². The lowest BCUT2D eigenvalue weighted by Gasteiger charge is -2.31. The largest absolute Gasteiger partial charge is 0.309 e. The summed E-state index contributed by atoms with van der Waals surface area (Å²) in [5.41, 5.74) is 1.26. The van der Waals surface area contributed by atoms with Crippen molar-refractivity contribution in [2.24, 2.45) is 7.05 Å². The first-order valence-electron chi connectivity index (χ1n) is 6.34. The zero-order valence-corrected chi connectivity index (χ0v) is 12.5. The molecule has 0 spiro atoms. The number of rotatable bonds is 7. The maximum Gasteiger partial charge on any atom is 0.0537 e. The number of aromatic nitrogens is 2. The van der Waals surface area contributed by atoms with Crippen LogP contribution in [0.15, 0.2) is 12.4 Å². The fraction of sp³-hybridized carbons (Fsp3) is 0.769. The van der Waals surface area contributed by atoms with Crippen LogP contribution in [0.1, 0.15) is 45.2 Å². The van der Waals surface area contributed by atoms with Gasteiger partial charge in [-0.25, -0.2) is 0 Å². The summed E-state index contributed by atoms with van der Waals surface area (Å²) in [5.74, 6) is 0. The molecule has 1 aromatic rings. The maximum absolute atomic E-state index is 4.21. The van der Waals surface area contributed by atoms with E-state index in [1.807, 2.05) is 29.7 Å². The van der Waals surface area contributed by atoms with E-state index in [1.54, 1.807) is 0 Å². The molecule has 0 fully saturated rings. The highest BCUT2D eigenvalue weighted by molar-refractivity contribution is 8.00. The maximum atomic E-state index is 4.21. The van der Waals surface area contributed by atoms with Crippen LogP contribution in [-0.2, 0) is 7.05 Å². The number of nitrogens with one attached hydrogen (secondary N) is 1. The highest BCUT2D eigenvalue weighted by Gasteiger charge is 2.25. The average molecular weight is 255 g/mol. The van der Waals surface area contributed by atoms with Crippen molar-refractivity contribution in [1.82, 2.24) is 15.1 Å². The first kappa shape index (κ1) is 14.6. The molecule has 0 aliphatic carbocycles. The molecule has 0 amide bonds. The van der Waals surface area contributed by atoms with Gasteiger partial charge in [0.15, 0.2) is 0 Å². The van der Waals surface area contributed by atoms with Crippen molar-refractivity contribution in [1.29, 1.82) is 0 Å². The Morgan fingerprint density at radius 1 is 1.47 bits per heavy atom. The van der Waals surface area contributed by atoms with E-state index in [0.29, 0.717) is 10.8 Å². The molecule has 1 aromatic heterocycles. The zero-order valence-electron chi connectivity index (χ0n) is 11.7. The fourth-order valence-corrected chi connectivity index (χ4v) is 2.79. The highest BCUT2D eigenvalue weighted by Crippen LogP contribution is 2.30. The van der Waals surface area contributed by atoms with Crippen LogP contribution < -0.4 is 5.32 Å². The Labute approximate surface area is 109 Å². The van der Waals surface area contributed by atoms with E-state index in [-0.39, 0.29) is 0 Å². The molecule has 17 heavy (non-hydrogen) atoms. The monoisotopic (exact) mass is 255 g/mol. The molecule has 1 unspecified atom stereocenters. The standard InChI is InChI=1S/C13H25N3S/c1-6-13(7-2,17-5)10-14-11(3)12-8-15-16(4)9-12/h8-9,11,14H,6-7,10H2,1-5H3. The minimum Gasteiger partial charge on any atom is -0.309 e. The van der Waals surface area contributed by atoms with Crippen molar-refractivity contribution in [3.05, 3.63) is 18.0 Å². The summed E-state index contributed by atoms with van der Waals surface area (Å²) in [6, 6.07) is 0.369. The predicted molar refractivity (Wildman–Crippen MR) is 76.5 cm³/mol. The zero-order chi connectivity index (χ0) is 12.9. The van der Waals surface area contributed by atoms with E-state index in [2.05, 4.69) is 43.6 Å². The molecule has 98 valence electrons. The van der Waals surface area contributed by atoms with Gasteiger partial charge in [-0.05, 0) is 26.0 Å². The second-order valence-corrected chi connectivity index (χ2v) is 5.92. The molecule has 0 aromatic carbocycles. The summed E-state index contributed by atoms with van der Waals surface area (Å²) in [6.45, 7) is 7.80. The van der Waals surface area contributed by atoms with Gasteiger partial charge < -0.3 is 5.32 Å². The van der Waals surface area contributed by atoms with Crippen LogP contribution in [0.5, 0.6) is 0 Å². The summed E-state index contributed by atoms with van der Waals surface area (Å²) in [5, 5.41) is 7.85. The summed E-state index contributed by atoms with van der Waals surface area (Å²) < 4.78 is 2.23. The third-order valence-electron chi connectivity index (χ3n) is 3.68. The minimum atomic E-state index is 0.369. The third-order valence-corrected chi connectivity index (χ3v) is 5.26. The summed E-state index contributed by atoms with van der Waals surface area (Å²) in [7, 11) is 1.96. The van der Waals surface area contributed by atoms with Crippen LogP contribution in [0.4, 0.5) is 0 Å². The van der Waals surface area contributed by atoms with Crippen molar-refractivity contribution in [3.63, 3.8) is 0 Å². The van der Waals surface area contributed by atoms with Gasteiger partial charge in [-0.2, -0.15) is 16.9 Å². The molecular formula is C13H25N3S. The SMILES string of the molecule is CCC(CC)(CNC(C)c1cnn(C)c1)SC. The number of nitrogens with zero attached hydrogens (tertiary/aromatic N) is 2. The molecule has 1 N–H and O–H groups in total. The Balaban J connectivity index is 2.55. The minimum absolute atomic E-state index is 0.369. The smallest absolute Gasteiger partial charge is 0.0537 e. The lowest BCUT2D eigenvalue weighted by atomic mass is 10.0. The van der Waals surface area contributed by atoms with Crippen molar-refractivity contribution in [2.75, 3.05) is 12.8 Å². The number of hydrogen-bond acceptors (Lipinski definition) is 3. The molecule has 4 heteroatoms. The van der Waals surface area contributed by atoms with E-state index in [9.17, 15) is 0 Å². The number of thioether (sulfide) groups is 1. The van der Waals surface area contributed by atoms with Gasteiger partial charge in [0, 0.05) is 36.1 Å². The first-order valence-corrected chi connectivity index (χ1v) is 7.56. The van der Waals surface area contributed by atoms with E-state index in [0.717, 1.165) is 6.54 Å². The van der Waals surface area contributed by atoms with Crippen LogP contribution in [0.25, 0.3) is 0 Å². The summed E-state index contributed by atoms with van der Waals surface area (Å²) >= 11 is 1.98.